The molecule has 0 heterocycles. The first-order valence-corrected chi connectivity index (χ1v) is 7.00. The number of benzene rings is 1. The number of hydrazine groups is 1. The second kappa shape index (κ2) is 7.52. The summed E-state index contributed by atoms with van der Waals surface area (Å²) < 4.78 is 42.6. The molecule has 0 radical (unpaired) electrons. The number of hydrogen-bond acceptors (Lipinski definition) is 4. The average Bonchev–Trinajstić information content (AvgIpc) is 2.43. The van der Waals surface area contributed by atoms with Crippen molar-refractivity contribution >= 4 is 11.8 Å². The van der Waals surface area contributed by atoms with Crippen LogP contribution in [-0.4, -0.2) is 35.3 Å². The number of hydrogen-bond donors (Lipinski definition) is 3. The number of halogens is 3. The number of rotatable bonds is 5. The van der Waals surface area contributed by atoms with Crippen molar-refractivity contribution in [2.45, 2.75) is 39.0 Å². The van der Waals surface area contributed by atoms with Crippen LogP contribution in [-0.2, 0) is 9.59 Å². The highest BCUT2D eigenvalue weighted by atomic mass is 19.4. The summed E-state index contributed by atoms with van der Waals surface area (Å²) in [6.45, 7) is 3.63. The number of aryl methyl sites for hydroxylation is 2. The summed E-state index contributed by atoms with van der Waals surface area (Å²) in [6.07, 6.45) is -6.20. The van der Waals surface area contributed by atoms with Gasteiger partial charge in [-0.15, -0.1) is 0 Å². The van der Waals surface area contributed by atoms with Gasteiger partial charge in [0.1, 0.15) is 5.75 Å². The van der Waals surface area contributed by atoms with Crippen LogP contribution in [0.3, 0.4) is 0 Å². The molecule has 0 aliphatic rings. The molecule has 1 aromatic carbocycles. The van der Waals surface area contributed by atoms with E-state index in [1.807, 2.05) is 11.5 Å². The predicted octanol–water partition coefficient (Wildman–Crippen LogP) is 1.53. The summed E-state index contributed by atoms with van der Waals surface area (Å²) >= 11 is 0. The SMILES string of the molecule is Cc1cccc(C)c1OCC(=O)NNC(=O)C[C@@](C)(O)C(F)(F)F. The Kier molecular flexibility index (Phi) is 6.19. The molecule has 134 valence electrons. The van der Waals surface area contributed by atoms with Gasteiger partial charge in [-0.25, -0.2) is 0 Å². The van der Waals surface area contributed by atoms with Crippen molar-refractivity contribution in [1.82, 2.24) is 10.9 Å². The fourth-order valence-electron chi connectivity index (χ4n) is 1.80. The highest BCUT2D eigenvalue weighted by Gasteiger charge is 2.51. The minimum absolute atomic E-state index is 0.429. The van der Waals surface area contributed by atoms with Gasteiger partial charge in [0.05, 0.1) is 6.42 Å². The number of aliphatic hydroxyl groups is 1. The molecule has 0 unspecified atom stereocenters. The molecule has 9 heteroatoms. The zero-order valence-electron chi connectivity index (χ0n) is 13.5. The van der Waals surface area contributed by atoms with Gasteiger partial charge in [0.25, 0.3) is 5.91 Å². The van der Waals surface area contributed by atoms with Gasteiger partial charge >= 0.3 is 6.18 Å². The number of amides is 2. The molecule has 0 aromatic heterocycles. The van der Waals surface area contributed by atoms with Crippen molar-refractivity contribution in [1.29, 1.82) is 0 Å². The quantitative estimate of drug-likeness (QED) is 0.705. The molecular weight excluding hydrogens is 329 g/mol. The number of para-hydroxylation sites is 1. The van der Waals surface area contributed by atoms with E-state index in [1.165, 1.54) is 0 Å². The van der Waals surface area contributed by atoms with Crippen LogP contribution < -0.4 is 15.6 Å². The van der Waals surface area contributed by atoms with E-state index in [9.17, 15) is 27.9 Å². The Bertz CT molecular complexity index is 595. The van der Waals surface area contributed by atoms with Crippen LogP contribution in [0.25, 0.3) is 0 Å². The van der Waals surface area contributed by atoms with Crippen molar-refractivity contribution < 1.29 is 32.6 Å². The van der Waals surface area contributed by atoms with Crippen molar-refractivity contribution in [2.75, 3.05) is 6.61 Å². The second-order valence-corrected chi connectivity index (χ2v) is 5.55. The largest absolute Gasteiger partial charge is 0.483 e. The van der Waals surface area contributed by atoms with E-state index in [-0.39, 0.29) is 0 Å². The monoisotopic (exact) mass is 348 g/mol. The van der Waals surface area contributed by atoms with E-state index >= 15 is 0 Å². The fraction of sp³-hybridized carbons (Fsp3) is 0.467. The highest BCUT2D eigenvalue weighted by Crippen LogP contribution is 2.32. The second-order valence-electron chi connectivity index (χ2n) is 5.55. The first kappa shape index (κ1) is 19.8. The average molecular weight is 348 g/mol. The normalized spacial score (nSPS) is 13.8. The van der Waals surface area contributed by atoms with E-state index in [0.29, 0.717) is 12.7 Å². The molecule has 0 aliphatic heterocycles. The Hall–Kier alpha value is -2.29. The minimum atomic E-state index is -4.96. The number of carbonyl (C=O) groups excluding carboxylic acids is 2. The van der Waals surface area contributed by atoms with Crippen LogP contribution >= 0.6 is 0 Å². The molecule has 1 aromatic rings. The summed E-state index contributed by atoms with van der Waals surface area (Å²) in [4.78, 5) is 22.9. The molecule has 0 saturated heterocycles. The molecule has 0 fully saturated rings. The van der Waals surface area contributed by atoms with Gasteiger partial charge in [-0.3, -0.25) is 20.4 Å². The molecule has 0 saturated carbocycles. The van der Waals surface area contributed by atoms with E-state index < -0.39 is 36.6 Å². The molecule has 2 amide bonds. The lowest BCUT2D eigenvalue weighted by Gasteiger charge is -2.25. The van der Waals surface area contributed by atoms with Crippen LogP contribution in [0.15, 0.2) is 18.2 Å². The maximum atomic E-state index is 12.4. The third kappa shape index (κ3) is 5.41. The molecule has 0 aliphatic carbocycles. The molecule has 1 rings (SSSR count). The van der Waals surface area contributed by atoms with Gasteiger partial charge < -0.3 is 9.84 Å². The first-order chi connectivity index (χ1) is 10.9. The van der Waals surface area contributed by atoms with Crippen LogP contribution in [0, 0.1) is 13.8 Å². The predicted molar refractivity (Wildman–Crippen MR) is 79.0 cm³/mol. The van der Waals surface area contributed by atoms with Crippen LogP contribution in [0.1, 0.15) is 24.5 Å². The van der Waals surface area contributed by atoms with Crippen molar-refractivity contribution in [2.24, 2.45) is 0 Å². The maximum absolute atomic E-state index is 12.4. The fourth-order valence-corrected chi connectivity index (χ4v) is 1.80. The molecule has 3 N–H and O–H groups in total. The van der Waals surface area contributed by atoms with E-state index in [2.05, 4.69) is 0 Å². The lowest BCUT2D eigenvalue weighted by Crippen LogP contribution is -2.50. The first-order valence-electron chi connectivity index (χ1n) is 7.00. The van der Waals surface area contributed by atoms with Gasteiger partial charge in [-0.05, 0) is 31.9 Å². The van der Waals surface area contributed by atoms with E-state index in [4.69, 9.17) is 4.74 Å². The Balaban J connectivity index is 2.46. The smallest absolute Gasteiger partial charge is 0.417 e. The van der Waals surface area contributed by atoms with Crippen molar-refractivity contribution in [3.8, 4) is 5.75 Å². The van der Waals surface area contributed by atoms with Crippen LogP contribution in [0.2, 0.25) is 0 Å². The highest BCUT2D eigenvalue weighted by molar-refractivity contribution is 5.83. The number of alkyl halides is 3. The molecule has 24 heavy (non-hydrogen) atoms. The number of carbonyl (C=O) groups is 2. The Morgan fingerprint density at radius 2 is 1.62 bits per heavy atom. The lowest BCUT2D eigenvalue weighted by molar-refractivity contribution is -0.253. The summed E-state index contributed by atoms with van der Waals surface area (Å²) in [5.41, 5.74) is 2.16. The standard InChI is InChI=1S/C15H19F3N2O4/c1-9-5-4-6-10(2)13(9)24-8-12(22)20-19-11(21)7-14(3,23)15(16,17)18/h4-6,23H,7-8H2,1-3H3,(H,19,21)(H,20,22)/t14-/m1/s1. The van der Waals surface area contributed by atoms with Gasteiger partial charge in [-0.1, -0.05) is 18.2 Å². The van der Waals surface area contributed by atoms with Crippen molar-refractivity contribution in [3.63, 3.8) is 0 Å². The third-order valence-electron chi connectivity index (χ3n) is 3.21. The molecule has 1 atom stereocenters. The van der Waals surface area contributed by atoms with Gasteiger partial charge in [0.2, 0.25) is 5.91 Å². The third-order valence-corrected chi connectivity index (χ3v) is 3.21. The molecular formula is C15H19F3N2O4. The van der Waals surface area contributed by atoms with Gasteiger partial charge in [0.15, 0.2) is 12.2 Å². The molecule has 0 spiro atoms. The summed E-state index contributed by atoms with van der Waals surface area (Å²) in [6, 6.07) is 5.41. The zero-order chi connectivity index (χ0) is 18.5. The molecule has 6 nitrogen and oxygen atoms in total. The Morgan fingerprint density at radius 1 is 1.12 bits per heavy atom. The maximum Gasteiger partial charge on any atom is 0.417 e. The van der Waals surface area contributed by atoms with Gasteiger partial charge in [0, 0.05) is 0 Å². The minimum Gasteiger partial charge on any atom is -0.483 e. The molecule has 0 bridgehead atoms. The van der Waals surface area contributed by atoms with Gasteiger partial charge in [-0.2, -0.15) is 13.2 Å². The topological polar surface area (TPSA) is 87.7 Å². The summed E-state index contributed by atoms with van der Waals surface area (Å²) in [5.74, 6) is -1.42. The van der Waals surface area contributed by atoms with E-state index in [0.717, 1.165) is 11.1 Å². The number of ether oxygens (including phenoxy) is 1. The Labute approximate surface area is 137 Å². The Morgan fingerprint density at radius 3 is 2.12 bits per heavy atom. The lowest BCUT2D eigenvalue weighted by atomic mass is 10.0. The van der Waals surface area contributed by atoms with E-state index in [1.54, 1.807) is 31.4 Å². The van der Waals surface area contributed by atoms with Crippen molar-refractivity contribution in [3.05, 3.63) is 29.3 Å². The number of nitrogens with one attached hydrogen (secondary N) is 2. The van der Waals surface area contributed by atoms with Crippen LogP contribution in [0.5, 0.6) is 5.75 Å². The summed E-state index contributed by atoms with van der Waals surface area (Å²) in [7, 11) is 0. The zero-order valence-corrected chi connectivity index (χ0v) is 13.5. The summed E-state index contributed by atoms with van der Waals surface area (Å²) in [5, 5.41) is 9.18. The van der Waals surface area contributed by atoms with Crippen LogP contribution in [0.4, 0.5) is 13.2 Å².